The van der Waals surface area contributed by atoms with E-state index in [0.29, 0.717) is 31.6 Å². The minimum Gasteiger partial charge on any atom is -0.390 e. The maximum atomic E-state index is 12.8. The van der Waals surface area contributed by atoms with Crippen LogP contribution < -0.4 is 0 Å². The van der Waals surface area contributed by atoms with Crippen molar-refractivity contribution in [2.24, 2.45) is 5.92 Å². The Hall–Kier alpha value is -1.88. The van der Waals surface area contributed by atoms with Gasteiger partial charge in [-0.05, 0) is 63.6 Å². The molecule has 1 heterocycles. The van der Waals surface area contributed by atoms with E-state index in [2.05, 4.69) is 0 Å². The third-order valence-electron chi connectivity index (χ3n) is 5.78. The molecular weight excluding hydrogens is 340 g/mol. The molecule has 1 saturated heterocycles. The van der Waals surface area contributed by atoms with Crippen LogP contribution in [0.2, 0.25) is 0 Å². The predicted octanol–water partition coefficient (Wildman–Crippen LogP) is 2.86. The Balaban J connectivity index is 1.55. The van der Waals surface area contributed by atoms with E-state index in [1.807, 2.05) is 47.9 Å². The van der Waals surface area contributed by atoms with E-state index in [1.54, 1.807) is 0 Å². The Morgan fingerprint density at radius 3 is 2.22 bits per heavy atom. The number of aryl methyl sites for hydroxylation is 1. The van der Waals surface area contributed by atoms with Gasteiger partial charge in [0.2, 0.25) is 5.91 Å². The van der Waals surface area contributed by atoms with Gasteiger partial charge in [-0.25, -0.2) is 0 Å². The Kier molecular flexibility index (Phi) is 6.20. The van der Waals surface area contributed by atoms with Crippen molar-refractivity contribution in [3.8, 4) is 0 Å². The van der Waals surface area contributed by atoms with Crippen molar-refractivity contribution in [3.05, 3.63) is 35.4 Å². The Morgan fingerprint density at radius 1 is 1.00 bits per heavy atom. The second-order valence-corrected chi connectivity index (χ2v) is 8.61. The summed E-state index contributed by atoms with van der Waals surface area (Å²) in [6.45, 7) is 6.33. The molecule has 1 aliphatic carbocycles. The first-order valence-corrected chi connectivity index (χ1v) is 10.2. The number of benzene rings is 1. The van der Waals surface area contributed by atoms with E-state index in [1.165, 1.54) is 6.42 Å². The molecule has 5 nitrogen and oxygen atoms in total. The van der Waals surface area contributed by atoms with Crippen LogP contribution in [0.1, 0.15) is 61.9 Å². The molecule has 0 atom stereocenters. The lowest BCUT2D eigenvalue weighted by molar-refractivity contribution is -0.138. The highest BCUT2D eigenvalue weighted by Gasteiger charge is 2.31. The standard InChI is InChI=1S/C22H32N2O3/c1-22(2,27)12-11-17-7-9-19(10-8-17)21(26)24-14-4-13-23(15-16-24)20(25)18-5-3-6-18/h7-10,18,27H,3-6,11-16H2,1-2H3. The number of aliphatic hydroxyl groups is 1. The maximum absolute atomic E-state index is 12.8. The highest BCUT2D eigenvalue weighted by Crippen LogP contribution is 2.28. The molecule has 1 aromatic rings. The number of nitrogens with zero attached hydrogens (tertiary/aromatic N) is 2. The second-order valence-electron chi connectivity index (χ2n) is 8.61. The second kappa shape index (κ2) is 8.42. The van der Waals surface area contributed by atoms with Crippen molar-refractivity contribution in [1.29, 1.82) is 0 Å². The number of hydrogen-bond donors (Lipinski definition) is 1. The molecule has 3 rings (SSSR count). The fourth-order valence-corrected chi connectivity index (χ4v) is 3.70. The van der Waals surface area contributed by atoms with Crippen LogP contribution in [0.15, 0.2) is 24.3 Å². The Bertz CT molecular complexity index is 659. The van der Waals surface area contributed by atoms with Gasteiger partial charge in [-0.15, -0.1) is 0 Å². The molecule has 0 unspecified atom stereocenters. The zero-order chi connectivity index (χ0) is 19.4. The van der Waals surface area contributed by atoms with Gasteiger partial charge in [0.15, 0.2) is 0 Å². The topological polar surface area (TPSA) is 60.9 Å². The van der Waals surface area contributed by atoms with E-state index < -0.39 is 5.60 Å². The normalized spacial score (nSPS) is 18.8. The molecule has 0 radical (unpaired) electrons. The van der Waals surface area contributed by atoms with Crippen LogP contribution in [0.25, 0.3) is 0 Å². The highest BCUT2D eigenvalue weighted by molar-refractivity contribution is 5.94. The summed E-state index contributed by atoms with van der Waals surface area (Å²) in [4.78, 5) is 29.1. The fraction of sp³-hybridized carbons (Fsp3) is 0.636. The van der Waals surface area contributed by atoms with E-state index in [0.717, 1.165) is 37.8 Å². The summed E-state index contributed by atoms with van der Waals surface area (Å²) in [5.74, 6) is 0.553. The lowest BCUT2D eigenvalue weighted by Gasteiger charge is -2.31. The molecule has 2 aliphatic rings. The molecule has 1 aliphatic heterocycles. The van der Waals surface area contributed by atoms with Crippen LogP contribution >= 0.6 is 0 Å². The zero-order valence-electron chi connectivity index (χ0n) is 16.6. The number of amides is 2. The van der Waals surface area contributed by atoms with Gasteiger partial charge < -0.3 is 14.9 Å². The first-order valence-electron chi connectivity index (χ1n) is 10.2. The fourth-order valence-electron chi connectivity index (χ4n) is 3.70. The van der Waals surface area contributed by atoms with Crippen molar-refractivity contribution in [3.63, 3.8) is 0 Å². The molecule has 2 fully saturated rings. The number of hydrogen-bond acceptors (Lipinski definition) is 3. The number of carbonyl (C=O) groups excluding carboxylic acids is 2. The van der Waals surface area contributed by atoms with Gasteiger partial charge in [0.1, 0.15) is 0 Å². The summed E-state index contributed by atoms with van der Waals surface area (Å²) in [5, 5.41) is 9.84. The summed E-state index contributed by atoms with van der Waals surface area (Å²) in [6, 6.07) is 7.71. The smallest absolute Gasteiger partial charge is 0.253 e. The molecule has 0 aromatic heterocycles. The molecule has 148 valence electrons. The average molecular weight is 373 g/mol. The van der Waals surface area contributed by atoms with E-state index in [9.17, 15) is 14.7 Å². The van der Waals surface area contributed by atoms with Crippen LogP contribution in [-0.4, -0.2) is 58.5 Å². The van der Waals surface area contributed by atoms with Crippen LogP contribution in [-0.2, 0) is 11.2 Å². The summed E-state index contributed by atoms with van der Waals surface area (Å²) in [6.07, 6.45) is 5.54. The van der Waals surface area contributed by atoms with E-state index >= 15 is 0 Å². The number of carbonyl (C=O) groups is 2. The van der Waals surface area contributed by atoms with E-state index in [-0.39, 0.29) is 17.7 Å². The van der Waals surface area contributed by atoms with Crippen LogP contribution in [0.4, 0.5) is 0 Å². The molecule has 0 spiro atoms. The van der Waals surface area contributed by atoms with Crippen LogP contribution in [0.5, 0.6) is 0 Å². The Morgan fingerprint density at radius 2 is 1.63 bits per heavy atom. The van der Waals surface area contributed by atoms with E-state index in [4.69, 9.17) is 0 Å². The van der Waals surface area contributed by atoms with Gasteiger partial charge in [0, 0.05) is 37.7 Å². The first-order chi connectivity index (χ1) is 12.8. The maximum Gasteiger partial charge on any atom is 0.253 e. The molecule has 1 saturated carbocycles. The molecule has 2 amide bonds. The van der Waals surface area contributed by atoms with Gasteiger partial charge in [-0.1, -0.05) is 18.6 Å². The zero-order valence-corrected chi connectivity index (χ0v) is 16.6. The van der Waals surface area contributed by atoms with Gasteiger partial charge >= 0.3 is 0 Å². The molecule has 27 heavy (non-hydrogen) atoms. The molecular formula is C22H32N2O3. The Labute approximate surface area is 162 Å². The number of rotatable bonds is 5. The van der Waals surface area contributed by atoms with Gasteiger partial charge in [-0.2, -0.15) is 0 Å². The van der Waals surface area contributed by atoms with Gasteiger partial charge in [-0.3, -0.25) is 9.59 Å². The predicted molar refractivity (Wildman–Crippen MR) is 106 cm³/mol. The molecule has 1 N–H and O–H groups in total. The summed E-state index contributed by atoms with van der Waals surface area (Å²) < 4.78 is 0. The lowest BCUT2D eigenvalue weighted by Crippen LogP contribution is -2.41. The first kappa shape index (κ1) is 19.9. The SMILES string of the molecule is CC(C)(O)CCc1ccc(C(=O)N2CCCN(C(=O)C3CCC3)CC2)cc1. The summed E-state index contributed by atoms with van der Waals surface area (Å²) in [5.41, 5.74) is 1.14. The molecule has 5 heteroatoms. The molecule has 0 bridgehead atoms. The third-order valence-corrected chi connectivity index (χ3v) is 5.78. The van der Waals surface area contributed by atoms with Crippen molar-refractivity contribution in [1.82, 2.24) is 9.80 Å². The largest absolute Gasteiger partial charge is 0.390 e. The average Bonchev–Trinajstić information content (AvgIpc) is 2.84. The van der Waals surface area contributed by atoms with Gasteiger partial charge in [0.25, 0.3) is 5.91 Å². The van der Waals surface area contributed by atoms with Crippen LogP contribution in [0, 0.1) is 5.92 Å². The summed E-state index contributed by atoms with van der Waals surface area (Å²) in [7, 11) is 0. The van der Waals surface area contributed by atoms with Crippen molar-refractivity contribution in [2.75, 3.05) is 26.2 Å². The minimum absolute atomic E-state index is 0.0435. The lowest BCUT2D eigenvalue weighted by atomic mass is 9.84. The molecule has 1 aromatic carbocycles. The van der Waals surface area contributed by atoms with Crippen LogP contribution in [0.3, 0.4) is 0 Å². The third kappa shape index (κ3) is 5.32. The van der Waals surface area contributed by atoms with Crippen molar-refractivity contribution in [2.45, 2.75) is 58.0 Å². The summed E-state index contributed by atoms with van der Waals surface area (Å²) >= 11 is 0. The quantitative estimate of drug-likeness (QED) is 0.865. The van der Waals surface area contributed by atoms with Crippen molar-refractivity contribution >= 4 is 11.8 Å². The van der Waals surface area contributed by atoms with Gasteiger partial charge in [0.05, 0.1) is 5.60 Å². The minimum atomic E-state index is -0.677. The highest BCUT2D eigenvalue weighted by atomic mass is 16.3. The van der Waals surface area contributed by atoms with Crippen molar-refractivity contribution < 1.29 is 14.7 Å². The monoisotopic (exact) mass is 372 g/mol.